The van der Waals surface area contributed by atoms with Crippen molar-refractivity contribution in [3.05, 3.63) is 47.7 Å². The second-order valence-corrected chi connectivity index (χ2v) is 6.25. The van der Waals surface area contributed by atoms with Crippen LogP contribution in [0, 0.1) is 12.8 Å². The standard InChI is InChI=1S/C18H24N2O.C4H8/c1-6-11-19-13-15(7-2)17(8-3)20-18-10-9-16(21-5)12-14(18)4;1-4-2-3-4/h6-7,9-13H,8H2,1-5H3;4H,2-3H2,1H3/b11-6-,15-7+,19-13+,20-17?;. The lowest BCUT2D eigenvalue weighted by Gasteiger charge is -2.08. The number of ether oxygens (including phenoxy) is 1. The fraction of sp³-hybridized carbons (Fsp3) is 0.455. The lowest BCUT2D eigenvalue weighted by molar-refractivity contribution is 0.414. The van der Waals surface area contributed by atoms with Gasteiger partial charge in [0.2, 0.25) is 0 Å². The SMILES string of the molecule is CC1CC1.C\C=C/N=C/C(=C\C)C(CC)=Nc1ccc(OC)cc1C. The van der Waals surface area contributed by atoms with E-state index in [1.165, 1.54) is 12.8 Å². The highest BCUT2D eigenvalue weighted by atomic mass is 16.5. The van der Waals surface area contributed by atoms with E-state index in [0.29, 0.717) is 0 Å². The molecule has 136 valence electrons. The summed E-state index contributed by atoms with van der Waals surface area (Å²) in [7, 11) is 1.67. The zero-order valence-corrected chi connectivity index (χ0v) is 16.5. The molecule has 0 aliphatic heterocycles. The second-order valence-electron chi connectivity index (χ2n) is 6.25. The minimum atomic E-state index is 0.852. The Morgan fingerprint density at radius 1 is 1.28 bits per heavy atom. The highest BCUT2D eigenvalue weighted by Crippen LogP contribution is 2.26. The molecule has 0 heterocycles. The summed E-state index contributed by atoms with van der Waals surface area (Å²) in [5, 5.41) is 0. The molecule has 25 heavy (non-hydrogen) atoms. The smallest absolute Gasteiger partial charge is 0.119 e. The summed E-state index contributed by atoms with van der Waals surface area (Å²) < 4.78 is 5.23. The van der Waals surface area contributed by atoms with Crippen molar-refractivity contribution in [2.24, 2.45) is 15.9 Å². The predicted molar refractivity (Wildman–Crippen MR) is 111 cm³/mol. The Kier molecular flexibility index (Phi) is 9.53. The average Bonchev–Trinajstić information content (AvgIpc) is 3.41. The summed E-state index contributed by atoms with van der Waals surface area (Å²) in [6.45, 7) is 10.4. The molecule has 0 spiro atoms. The van der Waals surface area contributed by atoms with Gasteiger partial charge in [-0.05, 0) is 56.9 Å². The number of allylic oxidation sites excluding steroid dienone is 3. The maximum atomic E-state index is 5.23. The molecule has 1 aliphatic carbocycles. The number of hydrogen-bond acceptors (Lipinski definition) is 3. The highest BCUT2D eigenvalue weighted by molar-refractivity contribution is 6.16. The Morgan fingerprint density at radius 3 is 2.40 bits per heavy atom. The third kappa shape index (κ3) is 7.97. The van der Waals surface area contributed by atoms with Crippen LogP contribution in [0.25, 0.3) is 0 Å². The molecule has 1 aromatic rings. The van der Waals surface area contributed by atoms with Crippen molar-refractivity contribution in [2.75, 3.05) is 7.11 Å². The van der Waals surface area contributed by atoms with Gasteiger partial charge < -0.3 is 4.74 Å². The number of rotatable bonds is 6. The molecule has 0 aromatic heterocycles. The summed E-state index contributed by atoms with van der Waals surface area (Å²) in [6, 6.07) is 5.91. The summed E-state index contributed by atoms with van der Waals surface area (Å²) in [5.41, 5.74) is 4.14. The van der Waals surface area contributed by atoms with Gasteiger partial charge in [-0.1, -0.05) is 38.8 Å². The lowest BCUT2D eigenvalue weighted by Crippen LogP contribution is -2.02. The first-order valence-corrected chi connectivity index (χ1v) is 9.08. The van der Waals surface area contributed by atoms with E-state index < -0.39 is 0 Å². The Hall–Kier alpha value is -2.16. The first kappa shape index (κ1) is 20.9. The van der Waals surface area contributed by atoms with Gasteiger partial charge in [-0.2, -0.15) is 0 Å². The molecule has 0 atom stereocenters. The van der Waals surface area contributed by atoms with E-state index in [-0.39, 0.29) is 0 Å². The average molecular weight is 341 g/mol. The van der Waals surface area contributed by atoms with Crippen LogP contribution in [0.1, 0.15) is 52.5 Å². The Bertz CT molecular complexity index is 650. The van der Waals surface area contributed by atoms with Gasteiger partial charge in [-0.25, -0.2) is 0 Å². The molecule has 0 bridgehead atoms. The van der Waals surface area contributed by atoms with Crippen molar-refractivity contribution in [1.29, 1.82) is 0 Å². The third-order valence-corrected chi connectivity index (χ3v) is 3.95. The third-order valence-electron chi connectivity index (χ3n) is 3.95. The number of aryl methyl sites for hydroxylation is 1. The van der Waals surface area contributed by atoms with Crippen molar-refractivity contribution in [1.82, 2.24) is 0 Å². The molecule has 0 amide bonds. The first-order chi connectivity index (χ1) is 12.0. The Morgan fingerprint density at radius 2 is 1.96 bits per heavy atom. The molecule has 3 nitrogen and oxygen atoms in total. The molecule has 1 saturated carbocycles. The van der Waals surface area contributed by atoms with Gasteiger partial charge in [-0.3, -0.25) is 9.98 Å². The second kappa shape index (κ2) is 11.4. The topological polar surface area (TPSA) is 34.0 Å². The molecule has 1 aromatic carbocycles. The van der Waals surface area contributed by atoms with E-state index >= 15 is 0 Å². The van der Waals surface area contributed by atoms with E-state index in [1.807, 2.05) is 57.3 Å². The van der Waals surface area contributed by atoms with Crippen LogP contribution in [0.3, 0.4) is 0 Å². The molecule has 0 saturated heterocycles. The van der Waals surface area contributed by atoms with Crippen molar-refractivity contribution in [3.63, 3.8) is 0 Å². The van der Waals surface area contributed by atoms with Crippen molar-refractivity contribution in [3.8, 4) is 5.75 Å². The number of nitrogens with zero attached hydrogens (tertiary/aromatic N) is 2. The molecule has 3 heteroatoms. The van der Waals surface area contributed by atoms with E-state index in [1.54, 1.807) is 13.3 Å². The zero-order valence-electron chi connectivity index (χ0n) is 16.5. The predicted octanol–water partition coefficient (Wildman–Crippen LogP) is 6.45. The number of methoxy groups -OCH3 is 1. The van der Waals surface area contributed by atoms with Crippen molar-refractivity contribution < 1.29 is 4.74 Å². The first-order valence-electron chi connectivity index (χ1n) is 9.08. The summed E-state index contributed by atoms with van der Waals surface area (Å²) in [5.74, 6) is 1.94. The molecular weight excluding hydrogens is 308 g/mol. The molecule has 1 fully saturated rings. The molecular formula is C22H32N2O. The lowest BCUT2D eigenvalue weighted by atomic mass is 10.1. The van der Waals surface area contributed by atoms with Crippen LogP contribution in [0.15, 0.2) is 52.1 Å². The fourth-order valence-corrected chi connectivity index (χ4v) is 2.07. The zero-order chi connectivity index (χ0) is 18.7. The van der Waals surface area contributed by atoms with Crippen LogP contribution in [-0.2, 0) is 0 Å². The van der Waals surface area contributed by atoms with Crippen LogP contribution in [0.4, 0.5) is 5.69 Å². The van der Waals surface area contributed by atoms with E-state index in [0.717, 1.165) is 40.6 Å². The molecule has 1 aliphatic rings. The Labute approximate surface area is 153 Å². The molecule has 0 N–H and O–H groups in total. The van der Waals surface area contributed by atoms with Crippen LogP contribution >= 0.6 is 0 Å². The minimum Gasteiger partial charge on any atom is -0.497 e. The quantitative estimate of drug-likeness (QED) is 0.548. The van der Waals surface area contributed by atoms with Gasteiger partial charge >= 0.3 is 0 Å². The summed E-state index contributed by atoms with van der Waals surface area (Å²) in [4.78, 5) is 9.03. The monoisotopic (exact) mass is 340 g/mol. The van der Waals surface area contributed by atoms with Crippen LogP contribution in [0.2, 0.25) is 0 Å². The van der Waals surface area contributed by atoms with Crippen molar-refractivity contribution >= 4 is 17.6 Å². The fourth-order valence-electron chi connectivity index (χ4n) is 2.07. The van der Waals surface area contributed by atoms with Gasteiger partial charge in [0.25, 0.3) is 0 Å². The van der Waals surface area contributed by atoms with Gasteiger partial charge in [-0.15, -0.1) is 0 Å². The largest absolute Gasteiger partial charge is 0.497 e. The van der Waals surface area contributed by atoms with Gasteiger partial charge in [0.1, 0.15) is 5.75 Å². The maximum absolute atomic E-state index is 5.23. The van der Waals surface area contributed by atoms with E-state index in [2.05, 4.69) is 18.8 Å². The van der Waals surface area contributed by atoms with Crippen LogP contribution in [-0.4, -0.2) is 19.0 Å². The van der Waals surface area contributed by atoms with Crippen LogP contribution in [0.5, 0.6) is 5.75 Å². The van der Waals surface area contributed by atoms with Crippen LogP contribution < -0.4 is 4.74 Å². The Balaban J connectivity index is 0.000000680. The minimum absolute atomic E-state index is 0.852. The van der Waals surface area contributed by atoms with Gasteiger partial charge in [0, 0.05) is 23.7 Å². The maximum Gasteiger partial charge on any atom is 0.119 e. The summed E-state index contributed by atoms with van der Waals surface area (Å²) >= 11 is 0. The molecule has 2 rings (SSSR count). The van der Waals surface area contributed by atoms with Gasteiger partial charge in [0.15, 0.2) is 0 Å². The number of hydrogen-bond donors (Lipinski definition) is 0. The van der Waals surface area contributed by atoms with E-state index in [4.69, 9.17) is 9.73 Å². The van der Waals surface area contributed by atoms with E-state index in [9.17, 15) is 0 Å². The number of aliphatic imine (C=N–C) groups is 2. The number of benzene rings is 1. The normalized spacial score (nSPS) is 15.4. The van der Waals surface area contributed by atoms with Crippen molar-refractivity contribution in [2.45, 2.75) is 53.9 Å². The van der Waals surface area contributed by atoms with Gasteiger partial charge in [0.05, 0.1) is 12.8 Å². The highest BCUT2D eigenvalue weighted by Gasteiger charge is 2.12. The summed E-state index contributed by atoms with van der Waals surface area (Å²) in [6.07, 6.45) is 11.4. The molecule has 0 radical (unpaired) electrons. The molecule has 0 unspecified atom stereocenters.